The van der Waals surface area contributed by atoms with Crippen molar-refractivity contribution in [3.8, 4) is 11.3 Å². The summed E-state index contributed by atoms with van der Waals surface area (Å²) >= 11 is 3.67. The number of fused-ring (bicyclic) bond motifs is 10. The Hall–Kier alpha value is -7.72. The van der Waals surface area contributed by atoms with E-state index in [1.54, 1.807) is 4.68 Å². The maximum atomic E-state index is 5.78. The number of pyridine rings is 4. The number of hydrogen-bond donors (Lipinski definition) is 0. The molecule has 0 saturated carbocycles. The number of aromatic nitrogens is 12. The van der Waals surface area contributed by atoms with Crippen LogP contribution in [-0.2, 0) is 23.6 Å². The van der Waals surface area contributed by atoms with Gasteiger partial charge in [-0.15, -0.1) is 10.2 Å². The molecule has 2 fully saturated rings. The van der Waals surface area contributed by atoms with Gasteiger partial charge in [-0.05, 0) is 134 Å². The molecule has 0 bridgehead atoms. The van der Waals surface area contributed by atoms with Crippen molar-refractivity contribution in [2.75, 3.05) is 26.4 Å². The van der Waals surface area contributed by atoms with E-state index in [4.69, 9.17) is 19.4 Å². The van der Waals surface area contributed by atoms with Crippen LogP contribution in [0.25, 0.3) is 76.9 Å². The van der Waals surface area contributed by atoms with E-state index in [9.17, 15) is 0 Å². The Bertz CT molecular complexity index is 3990. The lowest BCUT2D eigenvalue weighted by molar-refractivity contribution is 0.0552. The van der Waals surface area contributed by atoms with Crippen LogP contribution in [0.4, 0.5) is 0 Å². The SMILES string of the molecule is Brc1cnc2c3c4cccnc4ccc3n([C@H](c3ccccc3)C3CCOCC3)c2c1.Cc1nnn(C)c1-c1cnc2c3c4cccnc4ccc3n([C@H](c3ccccc3)C3CCOCC3)c2c1.Cc1nnn(C)c1C. The van der Waals surface area contributed by atoms with Crippen molar-refractivity contribution >= 4 is 81.6 Å². The van der Waals surface area contributed by atoms with Gasteiger partial charge in [0.2, 0.25) is 0 Å². The summed E-state index contributed by atoms with van der Waals surface area (Å²) in [6.45, 7) is 9.16. The molecule has 4 aromatic carbocycles. The van der Waals surface area contributed by atoms with Crippen molar-refractivity contribution < 1.29 is 9.47 Å². The fourth-order valence-corrected chi connectivity index (χ4v) is 12.1. The largest absolute Gasteiger partial charge is 0.381 e. The molecule has 14 rings (SSSR count). The Kier molecular flexibility index (Phi) is 13.7. The molecule has 8 aromatic heterocycles. The molecule has 14 nitrogen and oxygen atoms in total. The lowest BCUT2D eigenvalue weighted by Crippen LogP contribution is -2.26. The Labute approximate surface area is 448 Å². The summed E-state index contributed by atoms with van der Waals surface area (Å²) in [5.41, 5.74) is 16.3. The van der Waals surface area contributed by atoms with Crippen molar-refractivity contribution in [1.29, 1.82) is 0 Å². The molecular formula is C61H59BrN12O2. The zero-order chi connectivity index (χ0) is 51.9. The molecule has 2 atom stereocenters. The number of hydrogen-bond acceptors (Lipinski definition) is 10. The van der Waals surface area contributed by atoms with Crippen molar-refractivity contribution in [1.82, 2.24) is 59.1 Å². The monoisotopic (exact) mass is 1070 g/mol. The summed E-state index contributed by atoms with van der Waals surface area (Å²) in [4.78, 5) is 19.2. The highest BCUT2D eigenvalue weighted by Crippen LogP contribution is 2.45. The molecule has 10 heterocycles. The minimum Gasteiger partial charge on any atom is -0.381 e. The van der Waals surface area contributed by atoms with E-state index in [0.717, 1.165) is 134 Å². The van der Waals surface area contributed by atoms with Gasteiger partial charge in [0.1, 0.15) is 0 Å². The molecule has 0 unspecified atom stereocenters. The second kappa shape index (κ2) is 21.1. The third-order valence-electron chi connectivity index (χ3n) is 15.6. The van der Waals surface area contributed by atoms with Crippen molar-refractivity contribution in [3.05, 3.63) is 179 Å². The molecule has 2 saturated heterocycles. The van der Waals surface area contributed by atoms with Crippen LogP contribution < -0.4 is 0 Å². The lowest BCUT2D eigenvalue weighted by Gasteiger charge is -2.33. The Morgan fingerprint density at radius 1 is 0.513 bits per heavy atom. The third kappa shape index (κ3) is 9.09. The van der Waals surface area contributed by atoms with Gasteiger partial charge in [-0.3, -0.25) is 24.6 Å². The van der Waals surface area contributed by atoms with Gasteiger partial charge < -0.3 is 18.6 Å². The first kappa shape index (κ1) is 49.2. The van der Waals surface area contributed by atoms with Crippen LogP contribution in [0.5, 0.6) is 0 Å². The summed E-state index contributed by atoms with van der Waals surface area (Å²) in [6.07, 6.45) is 11.7. The van der Waals surface area contributed by atoms with Gasteiger partial charge in [-0.25, -0.2) is 4.68 Å². The summed E-state index contributed by atoms with van der Waals surface area (Å²) in [7, 11) is 3.82. The van der Waals surface area contributed by atoms with Gasteiger partial charge in [0.05, 0.1) is 79.0 Å². The lowest BCUT2D eigenvalue weighted by atomic mass is 9.86. The van der Waals surface area contributed by atoms with E-state index in [-0.39, 0.29) is 12.1 Å². The molecule has 2 aliphatic heterocycles. The minimum absolute atomic E-state index is 0.155. The molecule has 76 heavy (non-hydrogen) atoms. The predicted octanol–water partition coefficient (Wildman–Crippen LogP) is 12.8. The van der Waals surface area contributed by atoms with E-state index < -0.39 is 0 Å². The topological polar surface area (TPSA) is 141 Å². The fourth-order valence-electron chi connectivity index (χ4n) is 11.8. The standard InChI is InChI=1S/C30H28N6O.C26H22BrN3O.C5H9N3/c1-19-29(35(2)34-33-19)22-17-26-28(32-18-22)27-23-9-6-14-31-24(23)10-11-25(27)36(26)30(20-7-4-3-5-8-20)21-12-15-37-16-13-21;27-19-15-23-25(29-16-19)24-20-7-4-12-28-21(20)8-9-22(24)30(23)26(17-5-2-1-3-6-17)18-10-13-31-14-11-18;1-4-5(2)8(3)7-6-4/h3-11,14,17-18,21,30H,12-13,15-16H2,1-2H3;1-9,12,15-16,18,26H,10-11,13-14H2;1-3H3/t30-;26-;/m11./s1. The number of benzene rings is 4. The second-order valence-electron chi connectivity index (χ2n) is 20.1. The molecule has 0 spiro atoms. The first-order chi connectivity index (χ1) is 37.2. The van der Waals surface area contributed by atoms with E-state index in [1.165, 1.54) is 27.5 Å². The minimum atomic E-state index is 0.155. The predicted molar refractivity (Wildman–Crippen MR) is 304 cm³/mol. The number of ether oxygens (including phenoxy) is 2. The van der Waals surface area contributed by atoms with Crippen LogP contribution in [0.2, 0.25) is 0 Å². The van der Waals surface area contributed by atoms with E-state index in [1.807, 2.05) is 76.5 Å². The normalized spacial score (nSPS) is 15.3. The van der Waals surface area contributed by atoms with E-state index in [2.05, 4.69) is 165 Å². The Balaban J connectivity index is 0.000000135. The highest BCUT2D eigenvalue weighted by molar-refractivity contribution is 9.10. The summed E-state index contributed by atoms with van der Waals surface area (Å²) in [5.74, 6) is 0.946. The molecule has 12 aromatic rings. The zero-order valence-electron chi connectivity index (χ0n) is 43.4. The van der Waals surface area contributed by atoms with Gasteiger partial charge in [-0.1, -0.05) is 83.2 Å². The number of rotatable bonds is 7. The van der Waals surface area contributed by atoms with Crippen LogP contribution in [0.15, 0.2) is 151 Å². The third-order valence-corrected chi connectivity index (χ3v) is 16.0. The molecule has 0 N–H and O–H groups in total. The Morgan fingerprint density at radius 3 is 1.46 bits per heavy atom. The first-order valence-corrected chi connectivity index (χ1v) is 27.0. The second-order valence-corrected chi connectivity index (χ2v) is 21.0. The molecular weight excluding hydrogens is 1010 g/mol. The van der Waals surface area contributed by atoms with Crippen LogP contribution >= 0.6 is 15.9 Å². The van der Waals surface area contributed by atoms with Gasteiger partial charge in [-0.2, -0.15) is 0 Å². The summed E-state index contributed by atoms with van der Waals surface area (Å²) in [6, 6.07) is 43.7. The van der Waals surface area contributed by atoms with Crippen LogP contribution in [0, 0.1) is 32.6 Å². The zero-order valence-corrected chi connectivity index (χ0v) is 45.0. The summed E-state index contributed by atoms with van der Waals surface area (Å²) in [5, 5.41) is 20.8. The van der Waals surface area contributed by atoms with Gasteiger partial charge in [0.15, 0.2) is 0 Å². The molecule has 0 amide bonds. The maximum absolute atomic E-state index is 5.78. The average molecular weight is 1070 g/mol. The maximum Gasteiger partial charge on any atom is 0.0967 e. The average Bonchev–Trinajstić information content (AvgIpc) is 4.33. The highest BCUT2D eigenvalue weighted by Gasteiger charge is 2.32. The van der Waals surface area contributed by atoms with Gasteiger partial charge in [0, 0.05) is 96.9 Å². The van der Waals surface area contributed by atoms with Gasteiger partial charge in [0.25, 0.3) is 0 Å². The number of nitrogens with zero attached hydrogens (tertiary/aromatic N) is 12. The van der Waals surface area contributed by atoms with Gasteiger partial charge >= 0.3 is 0 Å². The summed E-state index contributed by atoms with van der Waals surface area (Å²) < 4.78 is 21.1. The highest BCUT2D eigenvalue weighted by atomic mass is 79.9. The molecule has 2 aliphatic rings. The quantitative estimate of drug-likeness (QED) is 0.151. The molecule has 382 valence electrons. The molecule has 0 radical (unpaired) electrons. The number of halogens is 1. The van der Waals surface area contributed by atoms with E-state index in [0.29, 0.717) is 11.8 Å². The Morgan fingerprint density at radius 2 is 1.00 bits per heavy atom. The van der Waals surface area contributed by atoms with Crippen LogP contribution in [0.1, 0.15) is 66.0 Å². The van der Waals surface area contributed by atoms with Crippen molar-refractivity contribution in [3.63, 3.8) is 0 Å². The van der Waals surface area contributed by atoms with Crippen LogP contribution in [0.3, 0.4) is 0 Å². The van der Waals surface area contributed by atoms with Crippen molar-refractivity contribution in [2.45, 2.75) is 58.5 Å². The fraction of sp³-hybridized carbons (Fsp3) is 0.279. The van der Waals surface area contributed by atoms with E-state index >= 15 is 0 Å². The smallest absolute Gasteiger partial charge is 0.0967 e. The van der Waals surface area contributed by atoms with Crippen LogP contribution in [-0.4, -0.2) is 85.5 Å². The number of aryl methyl sites for hydroxylation is 4. The molecule has 0 aliphatic carbocycles. The molecule has 15 heteroatoms. The van der Waals surface area contributed by atoms with Crippen molar-refractivity contribution in [2.24, 2.45) is 25.9 Å². The first-order valence-electron chi connectivity index (χ1n) is 26.2.